The van der Waals surface area contributed by atoms with Crippen LogP contribution in [0, 0.1) is 12.7 Å². The van der Waals surface area contributed by atoms with Gasteiger partial charge in [-0.05, 0) is 35.7 Å². The molecule has 4 rings (SSSR count). The van der Waals surface area contributed by atoms with Gasteiger partial charge in [0.15, 0.2) is 5.69 Å². The highest BCUT2D eigenvalue weighted by atomic mass is 19.1. The average molecular weight is 458 g/mol. The molecule has 6 nitrogen and oxygen atoms in total. The number of rotatable bonds is 8. The van der Waals surface area contributed by atoms with E-state index in [0.29, 0.717) is 18.9 Å². The zero-order chi connectivity index (χ0) is 23.9. The van der Waals surface area contributed by atoms with Crippen molar-refractivity contribution in [3.05, 3.63) is 129 Å². The number of ether oxygens (including phenoxy) is 1. The number of para-hydroxylation sites is 1. The Balaban J connectivity index is 1.47. The molecule has 0 atom stereocenters. The van der Waals surface area contributed by atoms with Crippen molar-refractivity contribution in [1.29, 1.82) is 0 Å². The fraction of sp³-hybridized carbons (Fsp3) is 0.148. The minimum Gasteiger partial charge on any atom is -0.372 e. The Bertz CT molecular complexity index is 1350. The van der Waals surface area contributed by atoms with Crippen molar-refractivity contribution in [3.63, 3.8) is 0 Å². The summed E-state index contributed by atoms with van der Waals surface area (Å²) in [7, 11) is 0. The summed E-state index contributed by atoms with van der Waals surface area (Å²) < 4.78 is 21.4. The van der Waals surface area contributed by atoms with Gasteiger partial charge >= 0.3 is 0 Å². The van der Waals surface area contributed by atoms with Gasteiger partial charge in [0.2, 0.25) is 5.43 Å². The molecule has 34 heavy (non-hydrogen) atoms. The van der Waals surface area contributed by atoms with Crippen LogP contribution in [0.3, 0.4) is 0 Å². The fourth-order valence-electron chi connectivity index (χ4n) is 3.56. The first-order valence-electron chi connectivity index (χ1n) is 10.9. The van der Waals surface area contributed by atoms with Crippen LogP contribution in [0.2, 0.25) is 0 Å². The summed E-state index contributed by atoms with van der Waals surface area (Å²) in [4.78, 5) is 25.3. The Morgan fingerprint density at radius 2 is 1.62 bits per heavy atom. The number of amides is 1. The van der Waals surface area contributed by atoms with Crippen LogP contribution in [-0.4, -0.2) is 15.7 Å². The molecule has 1 amide bonds. The van der Waals surface area contributed by atoms with Gasteiger partial charge in [0.25, 0.3) is 5.91 Å². The molecule has 1 heterocycles. The van der Waals surface area contributed by atoms with Crippen LogP contribution in [-0.2, 0) is 24.5 Å². The Hall–Kier alpha value is -4.10. The predicted molar refractivity (Wildman–Crippen MR) is 127 cm³/mol. The lowest BCUT2D eigenvalue weighted by Crippen LogP contribution is -2.32. The molecule has 4 aromatic rings. The van der Waals surface area contributed by atoms with Crippen molar-refractivity contribution in [2.45, 2.75) is 26.7 Å². The first kappa shape index (κ1) is 23.1. The van der Waals surface area contributed by atoms with Gasteiger partial charge in [0, 0.05) is 18.3 Å². The molecule has 0 unspecified atom stereocenters. The van der Waals surface area contributed by atoms with Gasteiger partial charge in [-0.3, -0.25) is 9.59 Å². The topological polar surface area (TPSA) is 73.2 Å². The molecular formula is C27H24FN3O3. The molecule has 0 aliphatic rings. The molecule has 0 saturated carbocycles. The summed E-state index contributed by atoms with van der Waals surface area (Å²) in [6, 6.07) is 24.8. The number of aromatic nitrogens is 2. The Morgan fingerprint density at radius 1 is 0.941 bits per heavy atom. The fourth-order valence-corrected chi connectivity index (χ4v) is 3.56. The minimum atomic E-state index is -0.630. The molecule has 0 bridgehead atoms. The second-order valence-corrected chi connectivity index (χ2v) is 7.79. The number of carbonyl (C=O) groups excluding carboxylic acids is 1. The molecular weight excluding hydrogens is 433 g/mol. The third-order valence-corrected chi connectivity index (χ3v) is 5.33. The van der Waals surface area contributed by atoms with E-state index in [-0.39, 0.29) is 17.9 Å². The second-order valence-electron chi connectivity index (χ2n) is 7.79. The molecule has 0 aliphatic carbocycles. The molecule has 0 spiro atoms. The van der Waals surface area contributed by atoms with E-state index >= 15 is 0 Å². The van der Waals surface area contributed by atoms with Crippen LogP contribution in [0.15, 0.2) is 89.7 Å². The summed E-state index contributed by atoms with van der Waals surface area (Å²) in [5, 5.41) is 6.90. The van der Waals surface area contributed by atoms with Gasteiger partial charge in [-0.15, -0.1) is 0 Å². The maximum atomic E-state index is 14.3. The lowest BCUT2D eigenvalue weighted by atomic mass is 10.1. The number of nitrogens with zero attached hydrogens (tertiary/aromatic N) is 2. The molecule has 0 radical (unpaired) electrons. The molecule has 3 aromatic carbocycles. The summed E-state index contributed by atoms with van der Waals surface area (Å²) >= 11 is 0. The number of benzene rings is 3. The van der Waals surface area contributed by atoms with Crippen molar-refractivity contribution in [2.24, 2.45) is 0 Å². The first-order valence-corrected chi connectivity index (χ1v) is 10.9. The van der Waals surface area contributed by atoms with Crippen LogP contribution in [0.4, 0.5) is 4.39 Å². The Labute approximate surface area is 196 Å². The molecule has 0 aliphatic heterocycles. The Kier molecular flexibility index (Phi) is 7.25. The highest BCUT2D eigenvalue weighted by Crippen LogP contribution is 2.14. The number of hydrogen-bond donors (Lipinski definition) is 1. The average Bonchev–Trinajstić information content (AvgIpc) is 2.85. The van der Waals surface area contributed by atoms with Gasteiger partial charge in [-0.2, -0.15) is 5.10 Å². The van der Waals surface area contributed by atoms with Crippen LogP contribution < -0.4 is 10.7 Å². The van der Waals surface area contributed by atoms with E-state index in [1.54, 1.807) is 19.1 Å². The Morgan fingerprint density at radius 3 is 2.38 bits per heavy atom. The highest BCUT2D eigenvalue weighted by Gasteiger charge is 2.17. The zero-order valence-electron chi connectivity index (χ0n) is 18.7. The van der Waals surface area contributed by atoms with E-state index in [1.165, 1.54) is 22.9 Å². The summed E-state index contributed by atoms with van der Waals surface area (Å²) in [6.07, 6.45) is 0. The number of aryl methyl sites for hydroxylation is 1. The van der Waals surface area contributed by atoms with Crippen molar-refractivity contribution in [3.8, 4) is 5.69 Å². The van der Waals surface area contributed by atoms with Gasteiger partial charge in [0.05, 0.1) is 13.2 Å². The van der Waals surface area contributed by atoms with E-state index in [4.69, 9.17) is 4.74 Å². The van der Waals surface area contributed by atoms with Crippen molar-refractivity contribution >= 4 is 5.91 Å². The number of hydrogen-bond acceptors (Lipinski definition) is 4. The third kappa shape index (κ3) is 5.44. The van der Waals surface area contributed by atoms with Crippen LogP contribution >= 0.6 is 0 Å². The first-order chi connectivity index (χ1) is 16.5. The summed E-state index contributed by atoms with van der Waals surface area (Å²) in [5.74, 6) is -1.13. The predicted octanol–water partition coefficient (Wildman–Crippen LogP) is 4.33. The normalized spacial score (nSPS) is 10.8. The van der Waals surface area contributed by atoms with Crippen molar-refractivity contribution in [1.82, 2.24) is 15.1 Å². The highest BCUT2D eigenvalue weighted by molar-refractivity contribution is 5.92. The lowest BCUT2D eigenvalue weighted by molar-refractivity contribution is 0.0939. The molecule has 172 valence electrons. The number of halogens is 1. The van der Waals surface area contributed by atoms with Gasteiger partial charge in [0.1, 0.15) is 11.5 Å². The second kappa shape index (κ2) is 10.7. The monoisotopic (exact) mass is 457 g/mol. The third-order valence-electron chi connectivity index (χ3n) is 5.33. The van der Waals surface area contributed by atoms with Crippen LogP contribution in [0.1, 0.15) is 32.9 Å². The minimum absolute atomic E-state index is 0.162. The molecule has 1 aromatic heterocycles. The number of carbonyl (C=O) groups is 1. The molecule has 1 N–H and O–H groups in total. The van der Waals surface area contributed by atoms with Crippen LogP contribution in [0.5, 0.6) is 0 Å². The van der Waals surface area contributed by atoms with Gasteiger partial charge in [-0.1, -0.05) is 66.7 Å². The lowest BCUT2D eigenvalue weighted by Gasteiger charge is -2.13. The van der Waals surface area contributed by atoms with Crippen LogP contribution in [0.25, 0.3) is 5.69 Å². The maximum Gasteiger partial charge on any atom is 0.276 e. The number of nitrogens with one attached hydrogen (secondary N) is 1. The molecule has 0 fully saturated rings. The largest absolute Gasteiger partial charge is 0.372 e. The summed E-state index contributed by atoms with van der Waals surface area (Å²) in [5.41, 5.74) is 2.63. The van der Waals surface area contributed by atoms with E-state index in [0.717, 1.165) is 16.7 Å². The van der Waals surface area contributed by atoms with Crippen molar-refractivity contribution < 1.29 is 13.9 Å². The molecule has 7 heteroatoms. The quantitative estimate of drug-likeness (QED) is 0.428. The van der Waals surface area contributed by atoms with Gasteiger partial charge < -0.3 is 10.1 Å². The summed E-state index contributed by atoms with van der Waals surface area (Å²) in [6.45, 7) is 2.68. The standard InChI is InChI=1S/C27H24FN3O3/c1-19-15-25(32)26(30-31(19)24-14-8-7-13-23(24)28)27(33)29-16-21-11-5-6-12-22(21)18-34-17-20-9-3-2-4-10-20/h2-15H,16-18H2,1H3,(H,29,33). The van der Waals surface area contributed by atoms with E-state index in [9.17, 15) is 14.0 Å². The van der Waals surface area contributed by atoms with Gasteiger partial charge in [-0.25, -0.2) is 9.07 Å². The van der Waals surface area contributed by atoms with Crippen molar-refractivity contribution in [2.75, 3.05) is 0 Å². The zero-order valence-corrected chi connectivity index (χ0v) is 18.7. The SMILES string of the molecule is Cc1cc(=O)c(C(=O)NCc2ccccc2COCc2ccccc2)nn1-c1ccccc1F. The van der Waals surface area contributed by atoms with E-state index < -0.39 is 17.2 Å². The maximum absolute atomic E-state index is 14.3. The van der Waals surface area contributed by atoms with E-state index in [2.05, 4.69) is 10.4 Å². The van der Waals surface area contributed by atoms with E-state index in [1.807, 2.05) is 54.6 Å². The smallest absolute Gasteiger partial charge is 0.276 e. The molecule has 0 saturated heterocycles.